The Morgan fingerprint density at radius 3 is 2.88 bits per heavy atom. The normalized spacial score (nSPS) is 12.9. The summed E-state index contributed by atoms with van der Waals surface area (Å²) in [4.78, 5) is 14.2. The molecule has 2 aromatic rings. The van der Waals surface area contributed by atoms with E-state index in [4.69, 9.17) is 5.73 Å². The summed E-state index contributed by atoms with van der Waals surface area (Å²) in [6.07, 6.45) is 1.75. The van der Waals surface area contributed by atoms with Gasteiger partial charge in [0.15, 0.2) is 0 Å². The van der Waals surface area contributed by atoms with Crippen LogP contribution in [0.1, 0.15) is 24.4 Å². The van der Waals surface area contributed by atoms with Gasteiger partial charge in [0.05, 0.1) is 0 Å². The molecular formula is C10H12N4O2. The molecule has 6 nitrogen and oxygen atoms in total. The first-order chi connectivity index (χ1) is 7.50. The van der Waals surface area contributed by atoms with E-state index in [-0.39, 0.29) is 11.9 Å². The molecule has 84 valence electrons. The van der Waals surface area contributed by atoms with E-state index in [1.165, 1.54) is 0 Å². The van der Waals surface area contributed by atoms with Gasteiger partial charge in [0.25, 0.3) is 0 Å². The van der Waals surface area contributed by atoms with Gasteiger partial charge in [-0.15, -0.1) is 0 Å². The molecule has 2 aromatic heterocycles. The molecule has 0 spiro atoms. The van der Waals surface area contributed by atoms with Crippen molar-refractivity contribution in [3.8, 4) is 0 Å². The highest BCUT2D eigenvalue weighted by Crippen LogP contribution is 2.22. The Balaban J connectivity index is 2.74. The van der Waals surface area contributed by atoms with Crippen molar-refractivity contribution in [2.75, 3.05) is 0 Å². The van der Waals surface area contributed by atoms with Crippen molar-refractivity contribution in [2.45, 2.75) is 19.9 Å². The van der Waals surface area contributed by atoms with Gasteiger partial charge in [-0.1, -0.05) is 0 Å². The molecule has 2 rings (SSSR count). The topological polar surface area (TPSA) is 86.5 Å². The average molecular weight is 220 g/mol. The van der Waals surface area contributed by atoms with Crippen molar-refractivity contribution >= 4 is 11.3 Å². The Labute approximate surface area is 91.9 Å². The molecule has 0 aliphatic rings. The van der Waals surface area contributed by atoms with Crippen molar-refractivity contribution in [3.63, 3.8) is 0 Å². The van der Waals surface area contributed by atoms with Crippen LogP contribution >= 0.6 is 0 Å². The fraction of sp³-hybridized carbons (Fsp3) is 0.300. The maximum Gasteiger partial charge on any atom is 0.389 e. The number of hydrogen-bond donors (Lipinski definition) is 1. The van der Waals surface area contributed by atoms with Crippen molar-refractivity contribution in [2.24, 2.45) is 5.73 Å². The molecule has 1 atom stereocenters. The van der Waals surface area contributed by atoms with Crippen molar-refractivity contribution in [3.05, 3.63) is 39.8 Å². The first kappa shape index (κ1) is 10.6. The van der Waals surface area contributed by atoms with Crippen LogP contribution in [0.4, 0.5) is 5.82 Å². The molecule has 0 aliphatic carbocycles. The zero-order valence-electron chi connectivity index (χ0n) is 9.04. The van der Waals surface area contributed by atoms with Crippen LogP contribution in [0.25, 0.3) is 5.52 Å². The molecule has 0 radical (unpaired) electrons. The predicted molar refractivity (Wildman–Crippen MR) is 59.2 cm³/mol. The lowest BCUT2D eigenvalue weighted by Gasteiger charge is -2.05. The number of nitro groups is 1. The Kier molecular flexibility index (Phi) is 2.35. The number of fused-ring (bicyclic) bond motifs is 1. The summed E-state index contributed by atoms with van der Waals surface area (Å²) >= 11 is 0. The lowest BCUT2D eigenvalue weighted by molar-refractivity contribution is -0.387. The summed E-state index contributed by atoms with van der Waals surface area (Å²) in [5, 5.41) is 10.8. The number of aryl methyl sites for hydroxylation is 1. The van der Waals surface area contributed by atoms with E-state index in [1.54, 1.807) is 23.6 Å². The highest BCUT2D eigenvalue weighted by molar-refractivity contribution is 5.63. The first-order valence-electron chi connectivity index (χ1n) is 4.89. The first-order valence-corrected chi connectivity index (χ1v) is 4.89. The predicted octanol–water partition coefficient (Wildman–Crippen LogP) is 1.57. The minimum Gasteiger partial charge on any atom is -0.358 e. The third-order valence-corrected chi connectivity index (χ3v) is 2.52. The van der Waals surface area contributed by atoms with Crippen LogP contribution in [-0.2, 0) is 0 Å². The second kappa shape index (κ2) is 3.57. The van der Waals surface area contributed by atoms with Gasteiger partial charge in [-0.05, 0) is 34.5 Å². The van der Waals surface area contributed by atoms with Crippen molar-refractivity contribution in [1.29, 1.82) is 0 Å². The van der Waals surface area contributed by atoms with Crippen LogP contribution in [0.3, 0.4) is 0 Å². The molecular weight excluding hydrogens is 208 g/mol. The summed E-state index contributed by atoms with van der Waals surface area (Å²) in [5.74, 6) is 0.470. The molecule has 0 amide bonds. The zero-order valence-corrected chi connectivity index (χ0v) is 9.04. The number of nitrogens with two attached hydrogens (primary N) is 1. The monoisotopic (exact) mass is 220 g/mol. The van der Waals surface area contributed by atoms with Crippen LogP contribution in [0, 0.1) is 17.0 Å². The Morgan fingerprint density at radius 1 is 1.62 bits per heavy atom. The van der Waals surface area contributed by atoms with Crippen LogP contribution in [0.2, 0.25) is 0 Å². The van der Waals surface area contributed by atoms with Crippen LogP contribution in [0.5, 0.6) is 0 Å². The molecule has 2 heterocycles. The molecule has 0 bridgehead atoms. The minimum atomic E-state index is -0.479. The van der Waals surface area contributed by atoms with Crippen molar-refractivity contribution in [1.82, 2.24) is 9.38 Å². The number of hydrogen-bond acceptors (Lipinski definition) is 4. The summed E-state index contributed by atoms with van der Waals surface area (Å²) in [5.41, 5.74) is 7.08. The smallest absolute Gasteiger partial charge is 0.358 e. The van der Waals surface area contributed by atoms with E-state index in [0.29, 0.717) is 11.3 Å². The molecule has 0 saturated carbocycles. The van der Waals surface area contributed by atoms with Gasteiger partial charge < -0.3 is 15.8 Å². The summed E-state index contributed by atoms with van der Waals surface area (Å²) in [7, 11) is 0. The fourth-order valence-corrected chi connectivity index (χ4v) is 1.65. The third kappa shape index (κ3) is 1.53. The quantitative estimate of drug-likeness (QED) is 0.614. The maximum absolute atomic E-state index is 10.8. The van der Waals surface area contributed by atoms with Gasteiger partial charge >= 0.3 is 5.82 Å². The van der Waals surface area contributed by atoms with E-state index in [9.17, 15) is 10.1 Å². The molecule has 0 saturated heterocycles. The Morgan fingerprint density at radius 2 is 2.31 bits per heavy atom. The lowest BCUT2D eigenvalue weighted by atomic mass is 10.1. The van der Waals surface area contributed by atoms with Crippen molar-refractivity contribution < 1.29 is 4.92 Å². The van der Waals surface area contributed by atoms with Gasteiger partial charge in [0, 0.05) is 19.2 Å². The number of imidazole rings is 1. The van der Waals surface area contributed by atoms with Gasteiger partial charge in [-0.2, -0.15) is 0 Å². The summed E-state index contributed by atoms with van der Waals surface area (Å²) in [6.45, 7) is 3.56. The van der Waals surface area contributed by atoms with Gasteiger partial charge in [0.2, 0.25) is 5.82 Å². The summed E-state index contributed by atoms with van der Waals surface area (Å²) < 4.78 is 1.68. The third-order valence-electron chi connectivity index (χ3n) is 2.52. The molecule has 1 unspecified atom stereocenters. The Hall–Kier alpha value is -1.95. The average Bonchev–Trinajstić information content (AvgIpc) is 2.56. The van der Waals surface area contributed by atoms with Gasteiger partial charge in [0.1, 0.15) is 5.52 Å². The number of nitrogens with zero attached hydrogens (tertiary/aromatic N) is 3. The number of aromatic nitrogens is 2. The van der Waals surface area contributed by atoms with Gasteiger partial charge in [-0.3, -0.25) is 4.40 Å². The largest absolute Gasteiger partial charge is 0.389 e. The molecule has 16 heavy (non-hydrogen) atoms. The van der Waals surface area contributed by atoms with E-state index < -0.39 is 4.92 Å². The molecule has 6 heteroatoms. The van der Waals surface area contributed by atoms with E-state index >= 15 is 0 Å². The van der Waals surface area contributed by atoms with E-state index in [2.05, 4.69) is 4.98 Å². The molecule has 2 N–H and O–H groups in total. The zero-order chi connectivity index (χ0) is 11.9. The second-order valence-electron chi connectivity index (χ2n) is 3.74. The fourth-order valence-electron chi connectivity index (χ4n) is 1.65. The standard InChI is InChI=1S/C10H12N4O2/c1-6(11)8-3-4-13-7(2)12-10(14(15)16)9(13)5-8/h3-6H,11H2,1-2H3. The molecule has 0 aliphatic heterocycles. The SMILES string of the molecule is Cc1nc([N+](=O)[O-])c2cc(C(C)N)ccn12. The lowest BCUT2D eigenvalue weighted by Crippen LogP contribution is -2.05. The highest BCUT2D eigenvalue weighted by atomic mass is 16.6. The summed E-state index contributed by atoms with van der Waals surface area (Å²) in [6, 6.07) is 3.40. The maximum atomic E-state index is 10.8. The molecule has 0 aromatic carbocycles. The minimum absolute atomic E-state index is 0.125. The number of pyridine rings is 1. The van der Waals surface area contributed by atoms with Crippen LogP contribution in [-0.4, -0.2) is 14.3 Å². The van der Waals surface area contributed by atoms with E-state index in [1.807, 2.05) is 13.0 Å². The van der Waals surface area contributed by atoms with Crippen LogP contribution < -0.4 is 5.73 Å². The second-order valence-corrected chi connectivity index (χ2v) is 3.74. The van der Waals surface area contributed by atoms with Gasteiger partial charge in [-0.25, -0.2) is 0 Å². The van der Waals surface area contributed by atoms with Crippen LogP contribution in [0.15, 0.2) is 18.3 Å². The molecule has 0 fully saturated rings. The highest BCUT2D eigenvalue weighted by Gasteiger charge is 2.19. The number of rotatable bonds is 2. The Bertz CT molecular complexity index is 559. The van der Waals surface area contributed by atoms with E-state index in [0.717, 1.165) is 5.56 Å².